The Morgan fingerprint density at radius 3 is 2.53 bits per heavy atom. The first kappa shape index (κ1) is 21.3. The number of hydrogen-bond acceptors (Lipinski definition) is 4. The first-order chi connectivity index (χ1) is 14.5. The summed E-state index contributed by atoms with van der Waals surface area (Å²) in [5, 5.41) is 11.4. The van der Waals surface area contributed by atoms with Crippen LogP contribution in [-0.2, 0) is 12.8 Å². The van der Waals surface area contributed by atoms with E-state index in [0.717, 1.165) is 24.2 Å². The highest BCUT2D eigenvalue weighted by molar-refractivity contribution is 5.93. The summed E-state index contributed by atoms with van der Waals surface area (Å²) < 4.78 is 19.4. The molecule has 1 aromatic heterocycles. The van der Waals surface area contributed by atoms with Gasteiger partial charge in [-0.05, 0) is 79.6 Å². The fraction of sp³-hybridized carbons (Fsp3) is 0.250. The van der Waals surface area contributed by atoms with E-state index in [9.17, 15) is 9.18 Å². The summed E-state index contributed by atoms with van der Waals surface area (Å²) in [6, 6.07) is 12.6. The number of aromatic nitrogens is 1. The zero-order chi connectivity index (χ0) is 21.5. The summed E-state index contributed by atoms with van der Waals surface area (Å²) in [6.07, 6.45) is 7.67. The van der Waals surface area contributed by atoms with Gasteiger partial charge in [-0.25, -0.2) is 9.18 Å². The van der Waals surface area contributed by atoms with Gasteiger partial charge in [0, 0.05) is 13.2 Å². The molecule has 1 aliphatic rings. The smallest absolute Gasteiger partial charge is 0.337 e. The molecular formula is C24H25FN2O3. The van der Waals surface area contributed by atoms with Gasteiger partial charge in [0.05, 0.1) is 17.4 Å². The third kappa shape index (κ3) is 5.35. The predicted molar refractivity (Wildman–Crippen MR) is 115 cm³/mol. The Bertz CT molecular complexity index is 1040. The number of halogens is 1. The minimum Gasteiger partial charge on any atom is -0.478 e. The van der Waals surface area contributed by atoms with Crippen LogP contribution in [0.5, 0.6) is 11.5 Å². The van der Waals surface area contributed by atoms with Crippen molar-refractivity contribution in [2.24, 2.45) is 0 Å². The molecule has 1 aliphatic carbocycles. The fourth-order valence-electron chi connectivity index (χ4n) is 3.37. The maximum Gasteiger partial charge on any atom is 0.337 e. The SMILES string of the molecule is CNc1cnccc1C(=O)O.Cc1ccc(Oc2ccc3c(c2)CCCC3)c(F)c1. The van der Waals surface area contributed by atoms with Crippen molar-refractivity contribution in [2.45, 2.75) is 32.6 Å². The third-order valence-electron chi connectivity index (χ3n) is 4.96. The molecule has 6 heteroatoms. The first-order valence-electron chi connectivity index (χ1n) is 9.89. The van der Waals surface area contributed by atoms with E-state index >= 15 is 0 Å². The van der Waals surface area contributed by atoms with Gasteiger partial charge in [0.15, 0.2) is 11.6 Å². The molecule has 0 fully saturated rings. The van der Waals surface area contributed by atoms with Crippen molar-refractivity contribution in [2.75, 3.05) is 12.4 Å². The second kappa shape index (κ2) is 9.87. The second-order valence-electron chi connectivity index (χ2n) is 7.15. The van der Waals surface area contributed by atoms with Gasteiger partial charge in [-0.15, -0.1) is 0 Å². The van der Waals surface area contributed by atoms with E-state index in [-0.39, 0.29) is 11.4 Å². The number of carbonyl (C=O) groups is 1. The molecule has 30 heavy (non-hydrogen) atoms. The summed E-state index contributed by atoms with van der Waals surface area (Å²) in [5.41, 5.74) is 4.41. The van der Waals surface area contributed by atoms with Gasteiger partial charge < -0.3 is 15.2 Å². The van der Waals surface area contributed by atoms with E-state index in [4.69, 9.17) is 9.84 Å². The number of rotatable bonds is 4. The number of anilines is 1. The number of fused-ring (bicyclic) bond motifs is 1. The van der Waals surface area contributed by atoms with Crippen molar-refractivity contribution in [3.05, 3.63) is 82.9 Å². The average Bonchev–Trinajstić information content (AvgIpc) is 2.76. The Balaban J connectivity index is 0.000000199. The standard InChI is InChI=1S/C17H17FO.C7H8N2O2/c1-12-6-9-17(16(18)10-12)19-15-8-7-13-4-2-3-5-14(13)11-15;1-8-6-4-9-3-2-5(6)7(10)11/h6-11H,2-5H2,1H3;2-4,8H,1H3,(H,10,11). The molecule has 3 aromatic rings. The number of benzene rings is 2. The van der Waals surface area contributed by atoms with E-state index in [1.807, 2.05) is 25.1 Å². The monoisotopic (exact) mass is 408 g/mol. The Kier molecular flexibility index (Phi) is 7.01. The highest BCUT2D eigenvalue weighted by Gasteiger charge is 2.11. The van der Waals surface area contributed by atoms with Gasteiger partial charge in [0.25, 0.3) is 0 Å². The lowest BCUT2D eigenvalue weighted by molar-refractivity contribution is 0.0698. The van der Waals surface area contributed by atoms with Crippen molar-refractivity contribution >= 4 is 11.7 Å². The van der Waals surface area contributed by atoms with Crippen molar-refractivity contribution in [1.82, 2.24) is 4.98 Å². The topological polar surface area (TPSA) is 71.5 Å². The number of ether oxygens (including phenoxy) is 1. The Morgan fingerprint density at radius 2 is 1.87 bits per heavy atom. The molecule has 0 saturated heterocycles. The maximum absolute atomic E-state index is 13.8. The Morgan fingerprint density at radius 1 is 1.10 bits per heavy atom. The molecule has 0 unspecified atom stereocenters. The molecule has 0 radical (unpaired) electrons. The highest BCUT2D eigenvalue weighted by atomic mass is 19.1. The van der Waals surface area contributed by atoms with Gasteiger partial charge in [0.1, 0.15) is 5.75 Å². The van der Waals surface area contributed by atoms with Crippen LogP contribution >= 0.6 is 0 Å². The molecule has 0 saturated carbocycles. The van der Waals surface area contributed by atoms with Crippen LogP contribution < -0.4 is 10.1 Å². The van der Waals surface area contributed by atoms with E-state index in [1.165, 1.54) is 48.5 Å². The number of aromatic carboxylic acids is 1. The van der Waals surface area contributed by atoms with Crippen molar-refractivity contribution in [3.63, 3.8) is 0 Å². The molecule has 4 rings (SSSR count). The van der Waals surface area contributed by atoms with Crippen molar-refractivity contribution < 1.29 is 19.0 Å². The predicted octanol–water partition coefficient (Wildman–Crippen LogP) is 5.63. The molecule has 0 aliphatic heterocycles. The van der Waals surface area contributed by atoms with Crippen LogP contribution in [0.15, 0.2) is 54.9 Å². The van der Waals surface area contributed by atoms with Crippen LogP contribution in [0.4, 0.5) is 10.1 Å². The lowest BCUT2D eigenvalue weighted by Gasteiger charge is -2.16. The average molecular weight is 408 g/mol. The zero-order valence-corrected chi connectivity index (χ0v) is 17.1. The molecule has 156 valence electrons. The van der Waals surface area contributed by atoms with Crippen molar-refractivity contribution in [1.29, 1.82) is 0 Å². The second-order valence-corrected chi connectivity index (χ2v) is 7.15. The van der Waals surface area contributed by atoms with Gasteiger partial charge in [-0.2, -0.15) is 0 Å². The van der Waals surface area contributed by atoms with Crippen LogP contribution in [0.2, 0.25) is 0 Å². The van der Waals surface area contributed by atoms with Crippen LogP contribution in [0, 0.1) is 12.7 Å². The minimum absolute atomic E-state index is 0.238. The number of nitrogens with zero attached hydrogens (tertiary/aromatic N) is 1. The lowest BCUT2D eigenvalue weighted by atomic mass is 9.92. The normalized spacial score (nSPS) is 12.2. The number of carboxylic acids is 1. The van der Waals surface area contributed by atoms with Crippen LogP contribution in [0.25, 0.3) is 0 Å². The largest absolute Gasteiger partial charge is 0.478 e. The van der Waals surface area contributed by atoms with Gasteiger partial charge >= 0.3 is 5.97 Å². The first-order valence-corrected chi connectivity index (χ1v) is 9.89. The number of hydrogen-bond donors (Lipinski definition) is 2. The third-order valence-corrected chi connectivity index (χ3v) is 4.96. The molecule has 5 nitrogen and oxygen atoms in total. The molecule has 0 atom stereocenters. The Labute approximate surface area is 175 Å². The fourth-order valence-corrected chi connectivity index (χ4v) is 3.37. The molecule has 1 heterocycles. The highest BCUT2D eigenvalue weighted by Crippen LogP contribution is 2.29. The quantitative estimate of drug-likeness (QED) is 0.586. The number of pyridine rings is 1. The van der Waals surface area contributed by atoms with E-state index in [1.54, 1.807) is 13.1 Å². The summed E-state index contributed by atoms with van der Waals surface area (Å²) in [5.74, 6) is -0.237. The van der Waals surface area contributed by atoms with Gasteiger partial charge in [0.2, 0.25) is 0 Å². The number of nitrogens with one attached hydrogen (secondary N) is 1. The van der Waals surface area contributed by atoms with E-state index in [2.05, 4.69) is 16.4 Å². The molecular weight excluding hydrogens is 383 g/mol. The molecule has 2 N–H and O–H groups in total. The lowest BCUT2D eigenvalue weighted by Crippen LogP contribution is -2.02. The van der Waals surface area contributed by atoms with Crippen LogP contribution in [0.1, 0.15) is 39.9 Å². The maximum atomic E-state index is 13.8. The zero-order valence-electron chi connectivity index (χ0n) is 17.1. The van der Waals surface area contributed by atoms with Gasteiger partial charge in [-0.1, -0.05) is 12.1 Å². The molecule has 0 amide bonds. The summed E-state index contributed by atoms with van der Waals surface area (Å²) in [6.45, 7) is 1.87. The minimum atomic E-state index is -0.947. The summed E-state index contributed by atoms with van der Waals surface area (Å²) >= 11 is 0. The molecule has 2 aromatic carbocycles. The number of carboxylic acid groups (broad SMARTS) is 1. The number of aryl methyl sites for hydroxylation is 3. The van der Waals surface area contributed by atoms with E-state index in [0.29, 0.717) is 11.4 Å². The van der Waals surface area contributed by atoms with E-state index < -0.39 is 5.97 Å². The molecule has 0 spiro atoms. The van der Waals surface area contributed by atoms with Crippen LogP contribution in [-0.4, -0.2) is 23.1 Å². The van der Waals surface area contributed by atoms with Gasteiger partial charge in [-0.3, -0.25) is 4.98 Å². The summed E-state index contributed by atoms with van der Waals surface area (Å²) in [4.78, 5) is 14.3. The molecule has 0 bridgehead atoms. The Hall–Kier alpha value is -3.41. The van der Waals surface area contributed by atoms with Crippen molar-refractivity contribution in [3.8, 4) is 11.5 Å². The van der Waals surface area contributed by atoms with Crippen LogP contribution in [0.3, 0.4) is 0 Å². The summed E-state index contributed by atoms with van der Waals surface area (Å²) in [7, 11) is 1.66.